The minimum absolute atomic E-state index is 0.351. The van der Waals surface area contributed by atoms with Crippen molar-refractivity contribution in [1.29, 1.82) is 5.26 Å². The summed E-state index contributed by atoms with van der Waals surface area (Å²) in [5, 5.41) is 11.9. The van der Waals surface area contributed by atoms with Gasteiger partial charge in [0.1, 0.15) is 5.54 Å². The van der Waals surface area contributed by atoms with Crippen LogP contribution in [0.1, 0.15) is 13.3 Å². The smallest absolute Gasteiger partial charge is 0.159 e. The van der Waals surface area contributed by atoms with Crippen LogP contribution in [0.25, 0.3) is 0 Å². The van der Waals surface area contributed by atoms with Gasteiger partial charge in [0, 0.05) is 20.6 Å². The maximum atomic E-state index is 8.96. The Morgan fingerprint density at radius 2 is 2.07 bits per heavy atom. The van der Waals surface area contributed by atoms with Crippen molar-refractivity contribution in [1.82, 2.24) is 5.32 Å². The van der Waals surface area contributed by atoms with Crippen molar-refractivity contribution in [2.45, 2.75) is 25.2 Å². The second-order valence-electron chi connectivity index (χ2n) is 3.11. The molecule has 0 aromatic heterocycles. The Bertz CT molecular complexity index is 237. The van der Waals surface area contributed by atoms with Crippen molar-refractivity contribution in [2.75, 3.05) is 20.8 Å². The summed E-state index contributed by atoms with van der Waals surface area (Å²) in [7, 11) is 3.07. The van der Waals surface area contributed by atoms with Crippen molar-refractivity contribution in [3.8, 4) is 18.4 Å². The van der Waals surface area contributed by atoms with E-state index in [2.05, 4.69) is 17.3 Å². The first-order valence-electron chi connectivity index (χ1n) is 4.27. The average Bonchev–Trinajstić information content (AvgIpc) is 2.23. The van der Waals surface area contributed by atoms with E-state index in [1.807, 2.05) is 0 Å². The number of nitrogens with one attached hydrogen (secondary N) is 1. The van der Waals surface area contributed by atoms with Crippen molar-refractivity contribution < 1.29 is 9.47 Å². The number of ether oxygens (including phenoxy) is 2. The van der Waals surface area contributed by atoms with Gasteiger partial charge in [0.25, 0.3) is 0 Å². The molecule has 0 rings (SSSR count). The molecule has 0 radical (unpaired) electrons. The summed E-state index contributed by atoms with van der Waals surface area (Å²) >= 11 is 0. The fourth-order valence-corrected chi connectivity index (χ4v) is 1.000. The monoisotopic (exact) mass is 196 g/mol. The van der Waals surface area contributed by atoms with Crippen LogP contribution >= 0.6 is 0 Å². The van der Waals surface area contributed by atoms with Gasteiger partial charge in [-0.1, -0.05) is 5.92 Å². The molecule has 0 aliphatic heterocycles. The van der Waals surface area contributed by atoms with E-state index >= 15 is 0 Å². The highest BCUT2D eigenvalue weighted by molar-refractivity contribution is 5.06. The van der Waals surface area contributed by atoms with Gasteiger partial charge in [-0.15, -0.1) is 6.42 Å². The Hall–Kier alpha value is -1.07. The quantitative estimate of drug-likeness (QED) is 0.496. The molecule has 0 spiro atoms. The Balaban J connectivity index is 4.25. The second kappa shape index (κ2) is 6.39. The molecular formula is C10H16N2O2. The zero-order chi connectivity index (χ0) is 11.0. The first kappa shape index (κ1) is 12.9. The van der Waals surface area contributed by atoms with Gasteiger partial charge >= 0.3 is 0 Å². The maximum Gasteiger partial charge on any atom is 0.159 e. The summed E-state index contributed by atoms with van der Waals surface area (Å²) in [6, 6.07) is 2.15. The summed E-state index contributed by atoms with van der Waals surface area (Å²) in [5.41, 5.74) is -0.719. The second-order valence-corrected chi connectivity index (χ2v) is 3.11. The normalized spacial score (nSPS) is 14.4. The zero-order valence-corrected chi connectivity index (χ0v) is 8.83. The molecule has 0 aromatic rings. The SMILES string of the molecule is C#CCNC(C)(C#N)CC(OC)OC. The lowest BCUT2D eigenvalue weighted by molar-refractivity contribution is -0.113. The first-order valence-corrected chi connectivity index (χ1v) is 4.27. The van der Waals surface area contributed by atoms with E-state index in [1.54, 1.807) is 6.92 Å². The number of methoxy groups -OCH3 is 2. The Morgan fingerprint density at radius 1 is 1.50 bits per heavy atom. The van der Waals surface area contributed by atoms with Crippen molar-refractivity contribution in [2.24, 2.45) is 0 Å². The van der Waals surface area contributed by atoms with E-state index in [4.69, 9.17) is 21.2 Å². The number of nitrogens with zero attached hydrogens (tertiary/aromatic N) is 1. The van der Waals surface area contributed by atoms with Crippen LogP contribution in [0.4, 0.5) is 0 Å². The third-order valence-corrected chi connectivity index (χ3v) is 1.93. The molecule has 1 atom stereocenters. The zero-order valence-electron chi connectivity index (χ0n) is 8.83. The molecule has 14 heavy (non-hydrogen) atoms. The number of hydrogen-bond acceptors (Lipinski definition) is 4. The Labute approximate surface area is 85.2 Å². The van der Waals surface area contributed by atoms with Crippen molar-refractivity contribution in [3.05, 3.63) is 0 Å². The van der Waals surface area contributed by atoms with E-state index in [-0.39, 0.29) is 0 Å². The third-order valence-electron chi connectivity index (χ3n) is 1.93. The van der Waals surface area contributed by atoms with E-state index in [0.717, 1.165) is 0 Å². The number of rotatable bonds is 6. The molecule has 0 aromatic carbocycles. The van der Waals surface area contributed by atoms with Crippen molar-refractivity contribution in [3.63, 3.8) is 0 Å². The number of terminal acetylenes is 1. The molecule has 0 amide bonds. The highest BCUT2D eigenvalue weighted by Gasteiger charge is 2.27. The Kier molecular flexibility index (Phi) is 5.91. The lowest BCUT2D eigenvalue weighted by Gasteiger charge is -2.25. The fraction of sp³-hybridized carbons (Fsp3) is 0.700. The predicted octanol–water partition coefficient (Wildman–Crippen LogP) is 0.500. The van der Waals surface area contributed by atoms with Gasteiger partial charge in [0.05, 0.1) is 12.6 Å². The highest BCUT2D eigenvalue weighted by Crippen LogP contribution is 2.13. The predicted molar refractivity (Wildman–Crippen MR) is 53.3 cm³/mol. The molecule has 0 saturated heterocycles. The summed E-state index contributed by atoms with van der Waals surface area (Å²) in [4.78, 5) is 0. The van der Waals surface area contributed by atoms with Crippen LogP contribution in [0.5, 0.6) is 0 Å². The fourth-order valence-electron chi connectivity index (χ4n) is 1.000. The summed E-state index contributed by atoms with van der Waals surface area (Å²) in [6.45, 7) is 2.11. The summed E-state index contributed by atoms with van der Waals surface area (Å²) in [6.07, 6.45) is 5.13. The lowest BCUT2D eigenvalue weighted by atomic mass is 9.99. The summed E-state index contributed by atoms with van der Waals surface area (Å²) < 4.78 is 10.0. The van der Waals surface area contributed by atoms with Gasteiger partial charge in [-0.05, 0) is 6.92 Å². The standard InChI is InChI=1S/C10H16N2O2/c1-5-6-12-10(2,8-11)7-9(13-3)14-4/h1,9,12H,6-7H2,2-4H3. The number of hydrogen-bond donors (Lipinski definition) is 1. The van der Waals surface area contributed by atoms with E-state index in [0.29, 0.717) is 13.0 Å². The van der Waals surface area contributed by atoms with Crippen LogP contribution < -0.4 is 5.32 Å². The largest absolute Gasteiger partial charge is 0.356 e. The van der Waals surface area contributed by atoms with E-state index < -0.39 is 11.8 Å². The Morgan fingerprint density at radius 3 is 2.43 bits per heavy atom. The molecule has 1 unspecified atom stereocenters. The van der Waals surface area contributed by atoms with Crippen LogP contribution in [0.15, 0.2) is 0 Å². The van der Waals surface area contributed by atoms with E-state index in [9.17, 15) is 0 Å². The van der Waals surface area contributed by atoms with Gasteiger partial charge in [0.15, 0.2) is 6.29 Å². The lowest BCUT2D eigenvalue weighted by Crippen LogP contribution is -2.44. The van der Waals surface area contributed by atoms with Crippen LogP contribution in [0, 0.1) is 23.7 Å². The van der Waals surface area contributed by atoms with E-state index in [1.165, 1.54) is 14.2 Å². The minimum Gasteiger partial charge on any atom is -0.356 e. The molecule has 0 heterocycles. The van der Waals surface area contributed by atoms with Crippen LogP contribution in [0.2, 0.25) is 0 Å². The van der Waals surface area contributed by atoms with Gasteiger partial charge in [0.2, 0.25) is 0 Å². The molecule has 4 nitrogen and oxygen atoms in total. The highest BCUT2D eigenvalue weighted by atomic mass is 16.7. The molecule has 78 valence electrons. The molecule has 0 fully saturated rings. The third kappa shape index (κ3) is 4.25. The molecule has 0 bridgehead atoms. The van der Waals surface area contributed by atoms with Gasteiger partial charge in [-0.25, -0.2) is 0 Å². The molecule has 0 aliphatic rings. The van der Waals surface area contributed by atoms with Crippen molar-refractivity contribution >= 4 is 0 Å². The van der Waals surface area contributed by atoms with Gasteiger partial charge in [-0.2, -0.15) is 5.26 Å². The van der Waals surface area contributed by atoms with Gasteiger partial charge < -0.3 is 9.47 Å². The molecule has 0 aliphatic carbocycles. The van der Waals surface area contributed by atoms with Crippen LogP contribution in [0.3, 0.4) is 0 Å². The summed E-state index contributed by atoms with van der Waals surface area (Å²) in [5.74, 6) is 2.42. The maximum absolute atomic E-state index is 8.96. The average molecular weight is 196 g/mol. The molecule has 0 saturated carbocycles. The molecule has 4 heteroatoms. The van der Waals surface area contributed by atoms with Crippen LogP contribution in [-0.4, -0.2) is 32.6 Å². The molecular weight excluding hydrogens is 180 g/mol. The molecule has 1 N–H and O–H groups in total. The van der Waals surface area contributed by atoms with Gasteiger partial charge in [-0.3, -0.25) is 5.32 Å². The minimum atomic E-state index is -0.719. The topological polar surface area (TPSA) is 54.3 Å². The number of nitriles is 1. The first-order chi connectivity index (χ1) is 6.61. The van der Waals surface area contributed by atoms with Crippen LogP contribution in [-0.2, 0) is 9.47 Å².